The highest BCUT2D eigenvalue weighted by Gasteiger charge is 2.17. The molecule has 3 aromatic carbocycles. The molecule has 0 spiro atoms. The summed E-state index contributed by atoms with van der Waals surface area (Å²) in [7, 11) is -4.08. The van der Waals surface area contributed by atoms with Crippen molar-refractivity contribution in [3.05, 3.63) is 77.9 Å². The summed E-state index contributed by atoms with van der Waals surface area (Å²) < 4.78 is 84.2. The fourth-order valence-corrected chi connectivity index (χ4v) is 3.83. The van der Waals surface area contributed by atoms with Gasteiger partial charge in [-0.25, -0.2) is 17.2 Å². The second-order valence-corrected chi connectivity index (χ2v) is 7.85. The van der Waals surface area contributed by atoms with E-state index in [4.69, 9.17) is 0 Å². The fourth-order valence-electron chi connectivity index (χ4n) is 2.67. The summed E-state index contributed by atoms with van der Waals surface area (Å²) in [5, 5.41) is 0. The topological polar surface area (TPSA) is 55.4 Å². The van der Waals surface area contributed by atoms with E-state index in [0.29, 0.717) is 5.56 Å². The molecule has 0 amide bonds. The van der Waals surface area contributed by atoms with Crippen LogP contribution in [-0.4, -0.2) is 15.0 Å². The van der Waals surface area contributed by atoms with Crippen molar-refractivity contribution in [2.75, 3.05) is 4.72 Å². The molecule has 0 aliphatic rings. The van der Waals surface area contributed by atoms with Gasteiger partial charge < -0.3 is 4.74 Å². The lowest BCUT2D eigenvalue weighted by molar-refractivity contribution is -0.0499. The maximum absolute atomic E-state index is 14.2. The Hall–Kier alpha value is -3.07. The first-order valence-electron chi connectivity index (χ1n) is 8.29. The zero-order valence-corrected chi connectivity index (χ0v) is 15.8. The van der Waals surface area contributed by atoms with Crippen molar-refractivity contribution in [3.8, 4) is 16.9 Å². The Morgan fingerprint density at radius 2 is 1.69 bits per heavy atom. The number of ether oxygens (including phenoxy) is 1. The molecule has 0 radical (unpaired) electrons. The second-order valence-electron chi connectivity index (χ2n) is 6.17. The molecule has 29 heavy (non-hydrogen) atoms. The number of aryl methyl sites for hydroxylation is 1. The number of benzene rings is 3. The second kappa shape index (κ2) is 8.12. The maximum atomic E-state index is 14.2. The number of alkyl halides is 2. The third-order valence-corrected chi connectivity index (χ3v) is 5.30. The number of nitrogens with one attached hydrogen (secondary N) is 1. The van der Waals surface area contributed by atoms with Crippen molar-refractivity contribution >= 4 is 15.7 Å². The first kappa shape index (κ1) is 20.7. The minimum atomic E-state index is -4.08. The molecule has 0 saturated heterocycles. The highest BCUT2D eigenvalue weighted by molar-refractivity contribution is 7.92. The Labute approximate surface area is 164 Å². The van der Waals surface area contributed by atoms with Gasteiger partial charge in [-0.2, -0.15) is 8.78 Å². The van der Waals surface area contributed by atoms with Gasteiger partial charge in [0.1, 0.15) is 17.4 Å². The van der Waals surface area contributed by atoms with E-state index >= 15 is 0 Å². The average Bonchev–Trinajstić information content (AvgIpc) is 2.62. The molecule has 9 heteroatoms. The third kappa shape index (κ3) is 5.05. The zero-order chi connectivity index (χ0) is 21.2. The van der Waals surface area contributed by atoms with Crippen molar-refractivity contribution in [1.82, 2.24) is 0 Å². The monoisotopic (exact) mass is 425 g/mol. The number of hydrogen-bond donors (Lipinski definition) is 1. The number of halogens is 4. The Bertz CT molecular complexity index is 1150. The summed E-state index contributed by atoms with van der Waals surface area (Å²) in [5.74, 6) is -2.11. The van der Waals surface area contributed by atoms with Gasteiger partial charge in [-0.15, -0.1) is 0 Å². The predicted octanol–water partition coefficient (Wildman–Crippen LogP) is 5.34. The minimum absolute atomic E-state index is 0.0549. The van der Waals surface area contributed by atoms with Crippen LogP contribution in [0.4, 0.5) is 23.2 Å². The van der Waals surface area contributed by atoms with E-state index in [1.165, 1.54) is 18.2 Å². The van der Waals surface area contributed by atoms with Crippen LogP contribution in [0.2, 0.25) is 0 Å². The first-order valence-corrected chi connectivity index (χ1v) is 9.77. The van der Waals surface area contributed by atoms with Gasteiger partial charge in [0.15, 0.2) is 0 Å². The highest BCUT2D eigenvalue weighted by atomic mass is 32.2. The van der Waals surface area contributed by atoms with Crippen LogP contribution in [0.3, 0.4) is 0 Å². The smallest absolute Gasteiger partial charge is 0.387 e. The van der Waals surface area contributed by atoms with Gasteiger partial charge in [-0.1, -0.05) is 18.2 Å². The molecular formula is C20H15F4NO3S. The molecule has 3 aromatic rings. The molecule has 3 rings (SSSR count). The molecule has 0 aliphatic carbocycles. The van der Waals surface area contributed by atoms with Gasteiger partial charge in [0.2, 0.25) is 0 Å². The first-order chi connectivity index (χ1) is 13.6. The van der Waals surface area contributed by atoms with Crippen LogP contribution in [0, 0.1) is 18.6 Å². The molecule has 0 bridgehead atoms. The minimum Gasteiger partial charge on any atom is -0.435 e. The summed E-state index contributed by atoms with van der Waals surface area (Å²) in [4.78, 5) is -0.0549. The molecule has 1 N–H and O–H groups in total. The number of anilines is 1. The number of hydrogen-bond acceptors (Lipinski definition) is 3. The van der Waals surface area contributed by atoms with Crippen LogP contribution in [0.15, 0.2) is 65.6 Å². The van der Waals surface area contributed by atoms with Crippen LogP contribution in [-0.2, 0) is 10.0 Å². The molecule has 152 valence electrons. The Kier molecular flexibility index (Phi) is 5.78. The van der Waals surface area contributed by atoms with Crippen LogP contribution >= 0.6 is 0 Å². The Morgan fingerprint density at radius 3 is 2.38 bits per heavy atom. The van der Waals surface area contributed by atoms with Crippen LogP contribution in [0.1, 0.15) is 5.56 Å². The van der Waals surface area contributed by atoms with Gasteiger partial charge in [0.05, 0.1) is 10.6 Å². The van der Waals surface area contributed by atoms with Crippen LogP contribution in [0.25, 0.3) is 11.1 Å². The van der Waals surface area contributed by atoms with E-state index in [1.807, 2.05) is 0 Å². The van der Waals surface area contributed by atoms with Crippen molar-refractivity contribution in [1.29, 1.82) is 0 Å². The standard InChI is InChI=1S/C20H15F4NO3S/c1-12-3-2-4-17(7-12)29(26,27)25-19-10-13(5-6-18(19)22)14-8-15(21)11-16(9-14)28-20(23)24/h2-11,20,25H,1H3. The molecule has 0 saturated carbocycles. The Balaban J connectivity index is 1.98. The van der Waals surface area contributed by atoms with Crippen LogP contribution < -0.4 is 9.46 Å². The van der Waals surface area contributed by atoms with Gasteiger partial charge in [-0.3, -0.25) is 4.72 Å². The molecule has 0 heterocycles. The average molecular weight is 425 g/mol. The van der Waals surface area contributed by atoms with E-state index in [0.717, 1.165) is 30.3 Å². The van der Waals surface area contributed by atoms with Gasteiger partial charge in [-0.05, 0) is 60.0 Å². The maximum Gasteiger partial charge on any atom is 0.387 e. The SMILES string of the molecule is Cc1cccc(S(=O)(=O)Nc2cc(-c3cc(F)cc(OC(F)F)c3)ccc2F)c1. The lowest BCUT2D eigenvalue weighted by Gasteiger charge is -2.12. The molecule has 4 nitrogen and oxygen atoms in total. The summed E-state index contributed by atoms with van der Waals surface area (Å²) >= 11 is 0. The molecule has 0 unspecified atom stereocenters. The third-order valence-electron chi connectivity index (χ3n) is 3.94. The summed E-state index contributed by atoms with van der Waals surface area (Å²) in [6.45, 7) is -1.43. The van der Waals surface area contributed by atoms with Gasteiger partial charge >= 0.3 is 6.61 Å². The summed E-state index contributed by atoms with van der Waals surface area (Å²) in [5.41, 5.74) is 0.640. The van der Waals surface area contributed by atoms with Crippen molar-refractivity contribution < 1.29 is 30.7 Å². The molecule has 0 atom stereocenters. The number of sulfonamides is 1. The molecule has 0 fully saturated rings. The van der Waals surface area contributed by atoms with Gasteiger partial charge in [0, 0.05) is 6.07 Å². The van der Waals surface area contributed by atoms with Gasteiger partial charge in [0.25, 0.3) is 10.0 Å². The van der Waals surface area contributed by atoms with E-state index < -0.39 is 34.0 Å². The highest BCUT2D eigenvalue weighted by Crippen LogP contribution is 2.30. The summed E-state index contributed by atoms with van der Waals surface area (Å²) in [6, 6.07) is 12.4. The number of rotatable bonds is 6. The van der Waals surface area contributed by atoms with E-state index in [1.54, 1.807) is 19.1 Å². The van der Waals surface area contributed by atoms with Crippen LogP contribution in [0.5, 0.6) is 5.75 Å². The van der Waals surface area contributed by atoms with E-state index in [9.17, 15) is 26.0 Å². The lowest BCUT2D eigenvalue weighted by atomic mass is 10.0. The zero-order valence-electron chi connectivity index (χ0n) is 15.0. The van der Waals surface area contributed by atoms with Crippen molar-refractivity contribution in [2.24, 2.45) is 0 Å². The molecule has 0 aromatic heterocycles. The van der Waals surface area contributed by atoms with Crippen molar-refractivity contribution in [2.45, 2.75) is 18.4 Å². The lowest BCUT2D eigenvalue weighted by Crippen LogP contribution is -2.14. The summed E-state index contributed by atoms with van der Waals surface area (Å²) in [6.07, 6.45) is 0. The molecule has 0 aliphatic heterocycles. The largest absolute Gasteiger partial charge is 0.435 e. The van der Waals surface area contributed by atoms with Crippen molar-refractivity contribution in [3.63, 3.8) is 0 Å². The fraction of sp³-hybridized carbons (Fsp3) is 0.100. The Morgan fingerprint density at radius 1 is 0.931 bits per heavy atom. The van der Waals surface area contributed by atoms with E-state index in [2.05, 4.69) is 9.46 Å². The predicted molar refractivity (Wildman–Crippen MR) is 100 cm³/mol. The molecular weight excluding hydrogens is 410 g/mol. The van der Waals surface area contributed by atoms with E-state index in [-0.39, 0.29) is 21.7 Å². The quantitative estimate of drug-likeness (QED) is 0.542. The normalized spacial score (nSPS) is 11.5.